The van der Waals surface area contributed by atoms with E-state index in [9.17, 15) is 31.9 Å². The number of Topliss-reactive ketones (excluding diaryl/α,β-unsaturated/α-hetero) is 1. The first-order valence-electron chi connectivity index (χ1n) is 9.59. The van der Waals surface area contributed by atoms with Crippen LogP contribution in [0.5, 0.6) is 0 Å². The molecule has 1 aliphatic rings. The lowest BCUT2D eigenvalue weighted by Crippen LogP contribution is -2.43. The largest absolute Gasteiger partial charge is 0.505 e. The maximum absolute atomic E-state index is 13.4. The van der Waals surface area contributed by atoms with Crippen LogP contribution < -0.4 is 5.32 Å². The van der Waals surface area contributed by atoms with Crippen LogP contribution in [-0.2, 0) is 14.8 Å². The average Bonchev–Trinajstić information content (AvgIpc) is 2.78. The number of rotatable bonds is 4. The van der Waals surface area contributed by atoms with Crippen LogP contribution in [-0.4, -0.2) is 36.1 Å². The van der Waals surface area contributed by atoms with E-state index in [4.69, 9.17) is 0 Å². The molecule has 1 heterocycles. The average molecular weight is 470 g/mol. The molecular formula is C23H16F2N2O5S. The molecule has 1 amide bonds. The highest BCUT2D eigenvalue weighted by Gasteiger charge is 2.42. The van der Waals surface area contributed by atoms with Gasteiger partial charge in [-0.25, -0.2) is 21.5 Å². The lowest BCUT2D eigenvalue weighted by atomic mass is 10.0. The number of halogens is 2. The van der Waals surface area contributed by atoms with Gasteiger partial charge in [0.15, 0.2) is 5.76 Å². The zero-order chi connectivity index (χ0) is 23.8. The smallest absolute Gasteiger partial charge is 0.265 e. The zero-order valence-corrected chi connectivity index (χ0v) is 17.6. The summed E-state index contributed by atoms with van der Waals surface area (Å²) in [5.41, 5.74) is -0.781. The Balaban J connectivity index is 1.81. The summed E-state index contributed by atoms with van der Waals surface area (Å²) in [5, 5.41) is 13.2. The van der Waals surface area contributed by atoms with Gasteiger partial charge in [0, 0.05) is 16.8 Å². The number of fused-ring (bicyclic) bond motifs is 1. The minimum Gasteiger partial charge on any atom is -0.505 e. The second-order valence-electron chi connectivity index (χ2n) is 7.10. The van der Waals surface area contributed by atoms with Crippen molar-refractivity contribution in [1.29, 1.82) is 0 Å². The Hall–Kier alpha value is -4.05. The molecule has 0 saturated carbocycles. The van der Waals surface area contributed by atoms with Crippen molar-refractivity contribution < 1.29 is 31.9 Å². The third kappa shape index (κ3) is 4.20. The molecular weight excluding hydrogens is 454 g/mol. The normalized spacial score (nSPS) is 16.2. The van der Waals surface area contributed by atoms with Gasteiger partial charge >= 0.3 is 0 Å². The van der Waals surface area contributed by atoms with Crippen molar-refractivity contribution in [2.45, 2.75) is 4.90 Å². The topological polar surface area (TPSA) is 104 Å². The Morgan fingerprint density at radius 1 is 0.939 bits per heavy atom. The number of anilines is 1. The standard InChI is InChI=1S/C23H16F2N2O5S/c24-15-10-8-14(9-11-15)22(29)21-23(30)18-6-1-2-7-19(18)33(31,32)27(21)13-20(28)26-17-5-3-4-16(25)12-17/h1-12,29H,13H2,(H,26,28)/b22-21+. The molecule has 1 aliphatic heterocycles. The zero-order valence-electron chi connectivity index (χ0n) is 16.8. The first kappa shape index (κ1) is 22.2. The molecule has 0 aliphatic carbocycles. The summed E-state index contributed by atoms with van der Waals surface area (Å²) in [6.45, 7) is -0.875. The van der Waals surface area contributed by atoms with Crippen LogP contribution in [0.1, 0.15) is 15.9 Å². The van der Waals surface area contributed by atoms with E-state index in [1.807, 2.05) is 0 Å². The van der Waals surface area contributed by atoms with Gasteiger partial charge in [-0.15, -0.1) is 0 Å². The van der Waals surface area contributed by atoms with Crippen molar-refractivity contribution in [2.24, 2.45) is 0 Å². The van der Waals surface area contributed by atoms with E-state index in [-0.39, 0.29) is 21.7 Å². The fourth-order valence-electron chi connectivity index (χ4n) is 3.39. The minimum atomic E-state index is -4.44. The van der Waals surface area contributed by atoms with Gasteiger partial charge in [-0.2, -0.15) is 0 Å². The van der Waals surface area contributed by atoms with E-state index in [2.05, 4.69) is 5.32 Å². The summed E-state index contributed by atoms with van der Waals surface area (Å²) in [7, 11) is -4.44. The highest BCUT2D eigenvalue weighted by molar-refractivity contribution is 7.89. The van der Waals surface area contributed by atoms with E-state index in [0.29, 0.717) is 4.31 Å². The monoisotopic (exact) mass is 470 g/mol. The van der Waals surface area contributed by atoms with E-state index < -0.39 is 51.3 Å². The molecule has 0 unspecified atom stereocenters. The van der Waals surface area contributed by atoms with Crippen molar-refractivity contribution in [2.75, 3.05) is 11.9 Å². The summed E-state index contributed by atoms with van der Waals surface area (Å²) in [5.74, 6) is -3.66. The molecule has 0 bridgehead atoms. The van der Waals surface area contributed by atoms with Gasteiger partial charge in [-0.05, 0) is 54.6 Å². The van der Waals surface area contributed by atoms with Crippen LogP contribution in [0, 0.1) is 11.6 Å². The lowest BCUT2D eigenvalue weighted by Gasteiger charge is -2.31. The fraction of sp³-hybridized carbons (Fsp3) is 0.0435. The first-order chi connectivity index (χ1) is 15.7. The molecule has 33 heavy (non-hydrogen) atoms. The Morgan fingerprint density at radius 3 is 2.33 bits per heavy atom. The second-order valence-corrected chi connectivity index (χ2v) is 8.93. The van der Waals surface area contributed by atoms with Crippen molar-refractivity contribution in [3.8, 4) is 0 Å². The van der Waals surface area contributed by atoms with Crippen molar-refractivity contribution in [3.05, 3.63) is 101 Å². The number of aliphatic hydroxyl groups is 1. The van der Waals surface area contributed by atoms with Crippen LogP contribution >= 0.6 is 0 Å². The Morgan fingerprint density at radius 2 is 1.64 bits per heavy atom. The summed E-state index contributed by atoms with van der Waals surface area (Å²) in [6.07, 6.45) is 0. The predicted octanol–water partition coefficient (Wildman–Crippen LogP) is 3.72. The van der Waals surface area contributed by atoms with Gasteiger partial charge in [0.1, 0.15) is 23.9 Å². The summed E-state index contributed by atoms with van der Waals surface area (Å²) >= 11 is 0. The molecule has 0 saturated heterocycles. The van der Waals surface area contributed by atoms with E-state index in [0.717, 1.165) is 18.2 Å². The molecule has 0 aromatic heterocycles. The number of allylic oxidation sites excluding steroid dienone is 1. The van der Waals surface area contributed by atoms with Gasteiger partial charge in [-0.3, -0.25) is 9.59 Å². The van der Waals surface area contributed by atoms with Gasteiger partial charge in [0.25, 0.3) is 10.0 Å². The Labute approximate surface area is 187 Å². The maximum atomic E-state index is 13.4. The maximum Gasteiger partial charge on any atom is 0.265 e. The van der Waals surface area contributed by atoms with Crippen molar-refractivity contribution in [1.82, 2.24) is 4.31 Å². The van der Waals surface area contributed by atoms with Gasteiger partial charge in [-0.1, -0.05) is 18.2 Å². The fourth-order valence-corrected chi connectivity index (χ4v) is 5.01. The highest BCUT2D eigenvalue weighted by Crippen LogP contribution is 2.35. The molecule has 7 nitrogen and oxygen atoms in total. The van der Waals surface area contributed by atoms with Crippen molar-refractivity contribution >= 4 is 33.2 Å². The van der Waals surface area contributed by atoms with E-state index in [1.165, 1.54) is 54.6 Å². The van der Waals surface area contributed by atoms with E-state index >= 15 is 0 Å². The first-order valence-corrected chi connectivity index (χ1v) is 11.0. The number of sulfonamides is 1. The quantitative estimate of drug-likeness (QED) is 0.447. The summed E-state index contributed by atoms with van der Waals surface area (Å²) in [6, 6.07) is 14.7. The molecule has 10 heteroatoms. The predicted molar refractivity (Wildman–Crippen MR) is 116 cm³/mol. The molecule has 0 atom stereocenters. The number of nitrogens with one attached hydrogen (secondary N) is 1. The number of benzene rings is 3. The SMILES string of the molecule is O=C(CN1/C(=C(/O)c2ccc(F)cc2)C(=O)c2ccccc2S1(=O)=O)Nc1cccc(F)c1. The number of hydrogen-bond acceptors (Lipinski definition) is 5. The molecule has 0 radical (unpaired) electrons. The van der Waals surface area contributed by atoms with Crippen molar-refractivity contribution in [3.63, 3.8) is 0 Å². The van der Waals surface area contributed by atoms with Crippen LogP contribution in [0.25, 0.3) is 5.76 Å². The lowest BCUT2D eigenvalue weighted by molar-refractivity contribution is -0.116. The van der Waals surface area contributed by atoms with Crippen LogP contribution in [0.4, 0.5) is 14.5 Å². The number of amides is 1. The third-order valence-corrected chi connectivity index (χ3v) is 6.71. The van der Waals surface area contributed by atoms with Crippen LogP contribution in [0.3, 0.4) is 0 Å². The molecule has 3 aromatic rings. The third-order valence-electron chi connectivity index (χ3n) is 4.90. The molecule has 168 valence electrons. The number of nitrogens with zero attached hydrogens (tertiary/aromatic N) is 1. The number of ketones is 1. The molecule has 3 aromatic carbocycles. The number of aliphatic hydroxyl groups excluding tert-OH is 1. The number of carbonyl (C=O) groups excluding carboxylic acids is 2. The van der Waals surface area contributed by atoms with Gasteiger partial charge < -0.3 is 10.4 Å². The second kappa shape index (κ2) is 8.47. The summed E-state index contributed by atoms with van der Waals surface area (Å²) < 4.78 is 53.9. The van der Waals surface area contributed by atoms with Crippen LogP contribution in [0.15, 0.2) is 83.4 Å². The number of hydrogen-bond donors (Lipinski definition) is 2. The van der Waals surface area contributed by atoms with E-state index in [1.54, 1.807) is 0 Å². The Kier molecular flexibility index (Phi) is 5.69. The minimum absolute atomic E-state index is 0.0233. The molecule has 2 N–H and O–H groups in total. The summed E-state index contributed by atoms with van der Waals surface area (Å²) in [4.78, 5) is 25.5. The highest BCUT2D eigenvalue weighted by atomic mass is 32.2. The molecule has 0 spiro atoms. The number of carbonyl (C=O) groups is 2. The molecule has 0 fully saturated rings. The van der Waals surface area contributed by atoms with Gasteiger partial charge in [0.05, 0.1) is 4.90 Å². The molecule has 4 rings (SSSR count). The van der Waals surface area contributed by atoms with Gasteiger partial charge in [0.2, 0.25) is 11.7 Å². The van der Waals surface area contributed by atoms with Crippen LogP contribution in [0.2, 0.25) is 0 Å². The Bertz CT molecular complexity index is 1400.